The van der Waals surface area contributed by atoms with Crippen LogP contribution < -0.4 is 0 Å². The monoisotopic (exact) mass is 523 g/mol. The number of para-hydroxylation sites is 1. The van der Waals surface area contributed by atoms with Crippen molar-refractivity contribution in [1.82, 2.24) is 15.0 Å². The minimum absolute atomic E-state index is 0.553. The van der Waals surface area contributed by atoms with Crippen molar-refractivity contribution < 1.29 is 8.83 Å². The summed E-state index contributed by atoms with van der Waals surface area (Å²) in [7, 11) is 0. The summed E-state index contributed by atoms with van der Waals surface area (Å²) in [5, 5.41) is 4.46. The Morgan fingerprint density at radius 1 is 0.462 bits per heavy atom. The fraction of sp³-hybridized carbons (Fsp3) is 0. The number of rotatable bonds is 3. The van der Waals surface area contributed by atoms with Crippen LogP contribution in [0.3, 0.4) is 0 Å². The molecule has 8 rings (SSSR count). The minimum Gasteiger partial charge on any atom is -0.456 e. The van der Waals surface area contributed by atoms with Crippen molar-refractivity contribution >= 4 is 55.5 Å². The number of aromatic nitrogens is 3. The van der Waals surface area contributed by atoms with Crippen LogP contribution >= 0.6 is 11.6 Å². The number of fused-ring (bicyclic) bond motifs is 6. The summed E-state index contributed by atoms with van der Waals surface area (Å²) < 4.78 is 12.3. The molecule has 0 fully saturated rings. The SMILES string of the molecule is Clc1ccc2oc3cccc(-c4nc(-c5ccccc5)nc(-c5cccc6oc7ccccc7c56)n4)c3c2c1. The maximum Gasteiger partial charge on any atom is 0.164 e. The van der Waals surface area contributed by atoms with Gasteiger partial charge in [0.25, 0.3) is 0 Å². The molecule has 0 aliphatic carbocycles. The maximum absolute atomic E-state index is 6.39. The second-order valence-corrected chi connectivity index (χ2v) is 9.81. The molecule has 0 bridgehead atoms. The van der Waals surface area contributed by atoms with Gasteiger partial charge in [-0.3, -0.25) is 0 Å². The fourth-order valence-corrected chi connectivity index (χ4v) is 5.45. The van der Waals surface area contributed by atoms with Gasteiger partial charge in [-0.25, -0.2) is 15.0 Å². The zero-order valence-corrected chi connectivity index (χ0v) is 21.2. The number of furan rings is 2. The van der Waals surface area contributed by atoms with Crippen LogP contribution in [0.1, 0.15) is 0 Å². The summed E-state index contributed by atoms with van der Waals surface area (Å²) in [6.45, 7) is 0. The van der Waals surface area contributed by atoms with Crippen molar-refractivity contribution in [2.24, 2.45) is 0 Å². The predicted molar refractivity (Wildman–Crippen MR) is 156 cm³/mol. The van der Waals surface area contributed by atoms with Crippen LogP contribution in [0.5, 0.6) is 0 Å². The first-order valence-electron chi connectivity index (χ1n) is 12.6. The van der Waals surface area contributed by atoms with Gasteiger partial charge >= 0.3 is 0 Å². The molecule has 5 aromatic carbocycles. The quantitative estimate of drug-likeness (QED) is 0.231. The first-order chi connectivity index (χ1) is 19.2. The summed E-state index contributed by atoms with van der Waals surface area (Å²) in [6, 6.07) is 35.5. The van der Waals surface area contributed by atoms with E-state index in [9.17, 15) is 0 Å². The second-order valence-electron chi connectivity index (χ2n) is 9.37. The van der Waals surface area contributed by atoms with Gasteiger partial charge in [-0.1, -0.05) is 84.4 Å². The van der Waals surface area contributed by atoms with Crippen LogP contribution in [-0.4, -0.2) is 15.0 Å². The third kappa shape index (κ3) is 3.51. The molecule has 0 saturated heterocycles. The number of hydrogen-bond donors (Lipinski definition) is 0. The topological polar surface area (TPSA) is 65.0 Å². The van der Waals surface area contributed by atoms with E-state index in [1.807, 2.05) is 103 Å². The number of benzene rings is 5. The lowest BCUT2D eigenvalue weighted by atomic mass is 10.0. The first-order valence-corrected chi connectivity index (χ1v) is 12.9. The summed E-state index contributed by atoms with van der Waals surface area (Å²) in [4.78, 5) is 15.0. The maximum atomic E-state index is 6.39. The van der Waals surface area contributed by atoms with E-state index in [1.165, 1.54) is 0 Å². The summed E-state index contributed by atoms with van der Waals surface area (Å²) in [6.07, 6.45) is 0. The number of halogens is 1. The molecule has 0 spiro atoms. The molecular weight excluding hydrogens is 506 g/mol. The Morgan fingerprint density at radius 3 is 1.74 bits per heavy atom. The Bertz CT molecular complexity index is 2200. The molecular formula is C33H18ClN3O2. The molecule has 0 unspecified atom stereocenters. The molecule has 0 radical (unpaired) electrons. The van der Waals surface area contributed by atoms with Crippen LogP contribution in [0.15, 0.2) is 118 Å². The van der Waals surface area contributed by atoms with Crippen LogP contribution in [0.25, 0.3) is 78.0 Å². The Kier molecular flexibility index (Phi) is 4.81. The Balaban J connectivity index is 1.46. The Labute approximate surface area is 227 Å². The van der Waals surface area contributed by atoms with Crippen molar-refractivity contribution in [3.05, 3.63) is 114 Å². The van der Waals surface area contributed by atoms with Gasteiger partial charge in [-0.05, 0) is 36.4 Å². The molecule has 6 heteroatoms. The number of hydrogen-bond acceptors (Lipinski definition) is 5. The van der Waals surface area contributed by atoms with Crippen molar-refractivity contribution in [3.8, 4) is 34.2 Å². The highest BCUT2D eigenvalue weighted by Gasteiger charge is 2.20. The standard InChI is InChI=1S/C33H18ClN3O2/c34-20-16-17-26-24(18-20)30-23(12-7-15-28(30)39-26)33-36-31(19-8-2-1-3-9-19)35-32(37-33)22-11-6-14-27-29(22)21-10-4-5-13-25(21)38-27/h1-18H. The van der Waals surface area contributed by atoms with Gasteiger partial charge < -0.3 is 8.83 Å². The lowest BCUT2D eigenvalue weighted by Crippen LogP contribution is -2.00. The molecule has 0 saturated carbocycles. The average molecular weight is 524 g/mol. The number of nitrogens with zero attached hydrogens (tertiary/aromatic N) is 3. The predicted octanol–water partition coefficient (Wildman–Crippen LogP) is 9.32. The van der Waals surface area contributed by atoms with E-state index >= 15 is 0 Å². The van der Waals surface area contributed by atoms with E-state index in [0.29, 0.717) is 22.5 Å². The van der Waals surface area contributed by atoms with Gasteiger partial charge in [0, 0.05) is 43.3 Å². The lowest BCUT2D eigenvalue weighted by molar-refractivity contribution is 0.668. The molecule has 39 heavy (non-hydrogen) atoms. The zero-order valence-electron chi connectivity index (χ0n) is 20.4. The molecule has 3 heterocycles. The second kappa shape index (κ2) is 8.51. The Hall–Kier alpha value is -5.00. The van der Waals surface area contributed by atoms with Crippen LogP contribution in [-0.2, 0) is 0 Å². The smallest absolute Gasteiger partial charge is 0.164 e. The summed E-state index contributed by atoms with van der Waals surface area (Å²) in [5.74, 6) is 1.71. The Morgan fingerprint density at radius 2 is 1.03 bits per heavy atom. The van der Waals surface area contributed by atoms with Crippen LogP contribution in [0, 0.1) is 0 Å². The molecule has 0 amide bonds. The van der Waals surface area contributed by atoms with Crippen molar-refractivity contribution in [3.63, 3.8) is 0 Å². The molecule has 0 aliphatic rings. The molecule has 0 aliphatic heterocycles. The van der Waals surface area contributed by atoms with Crippen LogP contribution in [0.2, 0.25) is 5.02 Å². The summed E-state index contributed by atoms with van der Waals surface area (Å²) in [5.41, 5.74) is 5.74. The van der Waals surface area contributed by atoms with E-state index < -0.39 is 0 Å². The van der Waals surface area contributed by atoms with E-state index in [1.54, 1.807) is 0 Å². The third-order valence-corrected chi connectivity index (χ3v) is 7.24. The normalized spacial score (nSPS) is 11.7. The minimum atomic E-state index is 0.553. The van der Waals surface area contributed by atoms with Gasteiger partial charge in [-0.15, -0.1) is 0 Å². The van der Waals surface area contributed by atoms with Gasteiger partial charge in [0.2, 0.25) is 0 Å². The average Bonchev–Trinajstić information content (AvgIpc) is 3.55. The van der Waals surface area contributed by atoms with E-state index in [0.717, 1.165) is 60.6 Å². The van der Waals surface area contributed by atoms with E-state index in [4.69, 9.17) is 35.4 Å². The highest BCUT2D eigenvalue weighted by Crippen LogP contribution is 2.39. The van der Waals surface area contributed by atoms with Gasteiger partial charge in [0.05, 0.1) is 0 Å². The van der Waals surface area contributed by atoms with Crippen LogP contribution in [0.4, 0.5) is 0 Å². The van der Waals surface area contributed by atoms with Crippen molar-refractivity contribution in [1.29, 1.82) is 0 Å². The molecule has 5 nitrogen and oxygen atoms in total. The molecule has 0 N–H and O–H groups in total. The van der Waals surface area contributed by atoms with Gasteiger partial charge in [-0.2, -0.15) is 0 Å². The van der Waals surface area contributed by atoms with Crippen molar-refractivity contribution in [2.45, 2.75) is 0 Å². The third-order valence-electron chi connectivity index (χ3n) is 7.01. The first kappa shape index (κ1) is 22.0. The highest BCUT2D eigenvalue weighted by molar-refractivity contribution is 6.32. The summed E-state index contributed by atoms with van der Waals surface area (Å²) >= 11 is 6.39. The largest absolute Gasteiger partial charge is 0.456 e. The fourth-order valence-electron chi connectivity index (χ4n) is 5.28. The van der Waals surface area contributed by atoms with Gasteiger partial charge in [0.1, 0.15) is 22.3 Å². The van der Waals surface area contributed by atoms with Gasteiger partial charge in [0.15, 0.2) is 17.5 Å². The molecule has 8 aromatic rings. The zero-order chi connectivity index (χ0) is 25.9. The molecule has 0 atom stereocenters. The van der Waals surface area contributed by atoms with E-state index in [2.05, 4.69) is 6.07 Å². The van der Waals surface area contributed by atoms with Crippen molar-refractivity contribution in [2.75, 3.05) is 0 Å². The van der Waals surface area contributed by atoms with E-state index in [-0.39, 0.29) is 0 Å². The molecule has 184 valence electrons. The molecule has 3 aromatic heterocycles. The highest BCUT2D eigenvalue weighted by atomic mass is 35.5. The lowest BCUT2D eigenvalue weighted by Gasteiger charge is -2.10.